The first-order chi connectivity index (χ1) is 7.11. The molecule has 2 N–H and O–H groups in total. The van der Waals surface area contributed by atoms with E-state index in [1.165, 1.54) is 5.54 Å². The lowest BCUT2D eigenvalue weighted by Crippen LogP contribution is -2.36. The standard InChI is InChI=1S/C9H14ClNO3S/c1-7(4-10)5-15-3-2-8(9(13)14)11-6-12/h4,6,8H,2-3,5H2,1H3,(H,11,12)(H,13,14). The van der Waals surface area contributed by atoms with Crippen LogP contribution in [0.1, 0.15) is 13.3 Å². The summed E-state index contributed by atoms with van der Waals surface area (Å²) in [6, 6.07) is -0.796. The third-order valence-corrected chi connectivity index (χ3v) is 3.19. The molecule has 0 rings (SSSR count). The largest absolute Gasteiger partial charge is 0.480 e. The summed E-state index contributed by atoms with van der Waals surface area (Å²) in [4.78, 5) is 20.7. The van der Waals surface area contributed by atoms with Crippen molar-refractivity contribution in [1.29, 1.82) is 0 Å². The smallest absolute Gasteiger partial charge is 0.326 e. The Labute approximate surface area is 98.1 Å². The number of amides is 1. The molecule has 4 nitrogen and oxygen atoms in total. The summed E-state index contributed by atoms with van der Waals surface area (Å²) in [5, 5.41) is 10.9. The van der Waals surface area contributed by atoms with Crippen LogP contribution in [-0.4, -0.2) is 35.0 Å². The molecule has 1 unspecified atom stereocenters. The molecule has 6 heteroatoms. The molecule has 0 aliphatic heterocycles. The number of carboxylic acids is 1. The Hall–Kier alpha value is -0.680. The number of aliphatic carboxylic acids is 1. The van der Waals surface area contributed by atoms with Crippen LogP contribution in [0.2, 0.25) is 0 Å². The minimum Gasteiger partial charge on any atom is -0.480 e. The molecule has 0 fully saturated rings. The third-order valence-electron chi connectivity index (χ3n) is 1.63. The van der Waals surface area contributed by atoms with Gasteiger partial charge in [0.05, 0.1) is 0 Å². The molecule has 0 radical (unpaired) electrons. The predicted molar refractivity (Wildman–Crippen MR) is 62.2 cm³/mol. The molecular weight excluding hydrogens is 238 g/mol. The number of nitrogens with one attached hydrogen (secondary N) is 1. The van der Waals surface area contributed by atoms with Crippen LogP contribution >= 0.6 is 23.4 Å². The minimum atomic E-state index is -1.01. The van der Waals surface area contributed by atoms with Gasteiger partial charge in [0.1, 0.15) is 6.04 Å². The Morgan fingerprint density at radius 1 is 1.67 bits per heavy atom. The van der Waals surface area contributed by atoms with Gasteiger partial charge in [-0.3, -0.25) is 4.79 Å². The van der Waals surface area contributed by atoms with Crippen LogP contribution in [0.4, 0.5) is 0 Å². The van der Waals surface area contributed by atoms with E-state index in [-0.39, 0.29) is 0 Å². The monoisotopic (exact) mass is 251 g/mol. The summed E-state index contributed by atoms with van der Waals surface area (Å²) in [5.41, 5.74) is 2.54. The van der Waals surface area contributed by atoms with Gasteiger partial charge in [0.2, 0.25) is 6.41 Å². The first-order valence-corrected chi connectivity index (χ1v) is 5.97. The lowest BCUT2D eigenvalue weighted by atomic mass is 10.2. The SMILES string of the molecule is CC(=CCl)CSCCC(NC=O)C(=O)O. The van der Waals surface area contributed by atoms with Crippen molar-refractivity contribution in [3.05, 3.63) is 11.1 Å². The number of hydrogen-bond acceptors (Lipinski definition) is 3. The second-order valence-electron chi connectivity index (χ2n) is 2.97. The van der Waals surface area contributed by atoms with Gasteiger partial charge in [0, 0.05) is 11.3 Å². The van der Waals surface area contributed by atoms with E-state index in [0.29, 0.717) is 18.6 Å². The first-order valence-electron chi connectivity index (χ1n) is 4.38. The fourth-order valence-electron chi connectivity index (χ4n) is 0.826. The Bertz CT molecular complexity index is 246. The van der Waals surface area contributed by atoms with E-state index >= 15 is 0 Å². The lowest BCUT2D eigenvalue weighted by molar-refractivity contribution is -0.140. The van der Waals surface area contributed by atoms with Gasteiger partial charge < -0.3 is 10.4 Å². The molecule has 0 spiro atoms. The number of hydrogen-bond donors (Lipinski definition) is 2. The van der Waals surface area contributed by atoms with Crippen molar-refractivity contribution in [2.45, 2.75) is 19.4 Å². The molecule has 1 amide bonds. The van der Waals surface area contributed by atoms with E-state index in [4.69, 9.17) is 16.7 Å². The minimum absolute atomic E-state index is 0.410. The van der Waals surface area contributed by atoms with Crippen molar-refractivity contribution in [2.24, 2.45) is 0 Å². The summed E-state index contributed by atoms with van der Waals surface area (Å²) in [6.45, 7) is 1.90. The summed E-state index contributed by atoms with van der Waals surface area (Å²) in [5.74, 6) is 0.434. The summed E-state index contributed by atoms with van der Waals surface area (Å²) in [6.07, 6.45) is 0.821. The number of halogens is 1. The Morgan fingerprint density at radius 2 is 2.33 bits per heavy atom. The molecular formula is C9H14ClNO3S. The Balaban J connectivity index is 3.71. The molecule has 0 aliphatic rings. The van der Waals surface area contributed by atoms with Gasteiger partial charge in [-0.15, -0.1) is 0 Å². The highest BCUT2D eigenvalue weighted by Gasteiger charge is 2.15. The van der Waals surface area contributed by atoms with Crippen LogP contribution in [-0.2, 0) is 9.59 Å². The Morgan fingerprint density at radius 3 is 2.80 bits per heavy atom. The molecule has 0 bridgehead atoms. The van der Waals surface area contributed by atoms with E-state index in [1.807, 2.05) is 6.92 Å². The molecule has 15 heavy (non-hydrogen) atoms. The van der Waals surface area contributed by atoms with Crippen molar-refractivity contribution in [2.75, 3.05) is 11.5 Å². The molecule has 0 aromatic carbocycles. The molecule has 0 aliphatic carbocycles. The maximum absolute atomic E-state index is 10.6. The number of carbonyl (C=O) groups is 2. The fraction of sp³-hybridized carbons (Fsp3) is 0.556. The summed E-state index contributed by atoms with van der Waals surface area (Å²) >= 11 is 7.05. The van der Waals surface area contributed by atoms with E-state index in [0.717, 1.165) is 11.3 Å². The highest BCUT2D eigenvalue weighted by Crippen LogP contribution is 2.10. The summed E-state index contributed by atoms with van der Waals surface area (Å²) in [7, 11) is 0. The number of carboxylic acid groups (broad SMARTS) is 1. The lowest BCUT2D eigenvalue weighted by Gasteiger charge is -2.10. The quantitative estimate of drug-likeness (QED) is 0.506. The van der Waals surface area contributed by atoms with Gasteiger partial charge in [-0.2, -0.15) is 11.8 Å². The highest BCUT2D eigenvalue weighted by atomic mass is 35.5. The second-order valence-corrected chi connectivity index (χ2v) is 4.30. The normalized spacial score (nSPS) is 13.3. The van der Waals surface area contributed by atoms with Crippen molar-refractivity contribution < 1.29 is 14.7 Å². The predicted octanol–water partition coefficient (Wildman–Crippen LogP) is 1.45. The molecule has 0 heterocycles. The van der Waals surface area contributed by atoms with Crippen molar-refractivity contribution >= 4 is 35.7 Å². The first kappa shape index (κ1) is 14.3. The molecule has 0 aromatic rings. The summed E-state index contributed by atoms with van der Waals surface area (Å²) < 4.78 is 0. The van der Waals surface area contributed by atoms with Crippen molar-refractivity contribution in [3.8, 4) is 0 Å². The average Bonchev–Trinajstić information content (AvgIpc) is 2.21. The topological polar surface area (TPSA) is 66.4 Å². The number of thioether (sulfide) groups is 1. The van der Waals surface area contributed by atoms with E-state index in [1.54, 1.807) is 11.8 Å². The zero-order valence-electron chi connectivity index (χ0n) is 8.40. The highest BCUT2D eigenvalue weighted by molar-refractivity contribution is 7.99. The molecule has 86 valence electrons. The van der Waals surface area contributed by atoms with E-state index < -0.39 is 12.0 Å². The van der Waals surface area contributed by atoms with Gasteiger partial charge >= 0.3 is 5.97 Å². The molecule has 0 aromatic heterocycles. The van der Waals surface area contributed by atoms with Crippen molar-refractivity contribution in [3.63, 3.8) is 0 Å². The Kier molecular flexibility index (Phi) is 8.22. The third kappa shape index (κ3) is 7.27. The van der Waals surface area contributed by atoms with Gasteiger partial charge in [0.25, 0.3) is 0 Å². The van der Waals surface area contributed by atoms with Gasteiger partial charge in [0.15, 0.2) is 0 Å². The number of carbonyl (C=O) groups excluding carboxylic acids is 1. The molecule has 0 saturated carbocycles. The van der Waals surface area contributed by atoms with E-state index in [9.17, 15) is 9.59 Å². The van der Waals surface area contributed by atoms with Gasteiger partial charge in [-0.1, -0.05) is 17.2 Å². The average molecular weight is 252 g/mol. The van der Waals surface area contributed by atoms with Crippen LogP contribution in [0, 0.1) is 0 Å². The van der Waals surface area contributed by atoms with Gasteiger partial charge in [-0.05, 0) is 19.1 Å². The fourth-order valence-corrected chi connectivity index (χ4v) is 1.95. The van der Waals surface area contributed by atoms with Crippen LogP contribution in [0.3, 0.4) is 0 Å². The maximum Gasteiger partial charge on any atom is 0.326 e. The molecule has 0 saturated heterocycles. The van der Waals surface area contributed by atoms with Gasteiger partial charge in [-0.25, -0.2) is 4.79 Å². The zero-order chi connectivity index (χ0) is 11.7. The second kappa shape index (κ2) is 8.61. The van der Waals surface area contributed by atoms with Crippen LogP contribution in [0.15, 0.2) is 11.1 Å². The van der Waals surface area contributed by atoms with Crippen molar-refractivity contribution in [1.82, 2.24) is 5.32 Å². The number of rotatable bonds is 8. The van der Waals surface area contributed by atoms with Crippen LogP contribution < -0.4 is 5.32 Å². The molecule has 1 atom stereocenters. The van der Waals surface area contributed by atoms with E-state index in [2.05, 4.69) is 5.32 Å². The van der Waals surface area contributed by atoms with Crippen LogP contribution in [0.5, 0.6) is 0 Å². The maximum atomic E-state index is 10.6. The zero-order valence-corrected chi connectivity index (χ0v) is 9.98. The van der Waals surface area contributed by atoms with Crippen LogP contribution in [0.25, 0.3) is 0 Å².